The van der Waals surface area contributed by atoms with Crippen LogP contribution in [0.4, 0.5) is 0 Å². The van der Waals surface area contributed by atoms with Crippen molar-refractivity contribution in [3.8, 4) is 39.9 Å². The summed E-state index contributed by atoms with van der Waals surface area (Å²) in [6.45, 7) is 0. The third kappa shape index (κ3) is 3.97. The first kappa shape index (κ1) is 26.5. The molecule has 1 aliphatic heterocycles. The van der Waals surface area contributed by atoms with Crippen molar-refractivity contribution in [2.45, 2.75) is 12.0 Å². The predicted molar refractivity (Wildman–Crippen MR) is 169 cm³/mol. The first-order valence-corrected chi connectivity index (χ1v) is 14.5. The Hall–Kier alpha value is -4.42. The lowest BCUT2D eigenvalue weighted by molar-refractivity contribution is 0.163. The zero-order valence-electron chi connectivity index (χ0n) is 23.8. The number of benzene rings is 5. The van der Waals surface area contributed by atoms with E-state index in [2.05, 4.69) is 76.6 Å². The summed E-state index contributed by atoms with van der Waals surface area (Å²) in [5.74, 6) is 3.71. The molecule has 1 heterocycles. The molecule has 0 unspecified atom stereocenters. The normalized spacial score (nSPS) is 14.0. The van der Waals surface area contributed by atoms with Crippen molar-refractivity contribution in [1.29, 1.82) is 0 Å². The quantitative estimate of drug-likeness (QED) is 0.187. The Bertz CT molecular complexity index is 1830. The molecule has 0 saturated heterocycles. The topological polar surface area (TPSA) is 46.2 Å². The third-order valence-electron chi connectivity index (χ3n) is 8.40. The fourth-order valence-corrected chi connectivity index (χ4v) is 6.73. The molecule has 6 heteroatoms. The number of methoxy groups -OCH3 is 4. The molecule has 0 N–H and O–H groups in total. The van der Waals surface area contributed by atoms with Gasteiger partial charge in [-0.2, -0.15) is 0 Å². The van der Waals surface area contributed by atoms with Gasteiger partial charge in [-0.25, -0.2) is 0 Å². The summed E-state index contributed by atoms with van der Waals surface area (Å²) in [4.78, 5) is 0. The minimum atomic E-state index is -0.894. The molecule has 5 aromatic rings. The third-order valence-corrected chi connectivity index (χ3v) is 8.89. The van der Waals surface area contributed by atoms with E-state index in [9.17, 15) is 0 Å². The van der Waals surface area contributed by atoms with Gasteiger partial charge in [-0.05, 0) is 88.7 Å². The molecule has 42 heavy (non-hydrogen) atoms. The lowest BCUT2D eigenvalue weighted by atomic mass is 9.82. The van der Waals surface area contributed by atoms with E-state index in [1.165, 1.54) is 22.3 Å². The van der Waals surface area contributed by atoms with Crippen LogP contribution in [0.3, 0.4) is 0 Å². The van der Waals surface area contributed by atoms with Gasteiger partial charge in [0, 0.05) is 26.5 Å². The predicted octanol–water partition coefficient (Wildman–Crippen LogP) is 8.56. The van der Waals surface area contributed by atoms with Crippen LogP contribution in [0.2, 0.25) is 0 Å². The van der Waals surface area contributed by atoms with E-state index in [1.807, 2.05) is 30.3 Å². The van der Waals surface area contributed by atoms with Gasteiger partial charge in [-0.3, -0.25) is 0 Å². The van der Waals surface area contributed by atoms with Gasteiger partial charge in [-0.1, -0.05) is 52.3 Å². The Morgan fingerprint density at radius 1 is 0.690 bits per heavy atom. The number of rotatable bonds is 6. The second-order valence-corrected chi connectivity index (χ2v) is 11.4. The average Bonchev–Trinajstić information content (AvgIpc) is 3.42. The molecule has 1 aliphatic carbocycles. The number of ether oxygens (including phenoxy) is 5. The van der Waals surface area contributed by atoms with Gasteiger partial charge in [0.2, 0.25) is 0 Å². The van der Waals surface area contributed by atoms with Crippen LogP contribution in [0.15, 0.2) is 89.4 Å². The van der Waals surface area contributed by atoms with Gasteiger partial charge in [-0.15, -0.1) is 0 Å². The van der Waals surface area contributed by atoms with Crippen LogP contribution in [-0.2, 0) is 12.0 Å². The maximum Gasteiger partial charge on any atom is 0.178 e. The van der Waals surface area contributed by atoms with E-state index >= 15 is 0 Å². The molecule has 2 aliphatic rings. The van der Waals surface area contributed by atoms with Crippen molar-refractivity contribution in [2.75, 3.05) is 28.4 Å². The second-order valence-electron chi connectivity index (χ2n) is 10.5. The maximum atomic E-state index is 7.30. The van der Waals surface area contributed by atoms with E-state index in [4.69, 9.17) is 23.7 Å². The molecular weight excluding hydrogens is 592 g/mol. The molecule has 0 bridgehead atoms. The van der Waals surface area contributed by atoms with Gasteiger partial charge >= 0.3 is 0 Å². The van der Waals surface area contributed by atoms with Gasteiger partial charge in [0.25, 0.3) is 0 Å². The first-order valence-electron chi connectivity index (χ1n) is 13.7. The Balaban J connectivity index is 1.52. The molecule has 5 nitrogen and oxygen atoms in total. The molecule has 0 amide bonds. The van der Waals surface area contributed by atoms with Crippen LogP contribution in [0.25, 0.3) is 28.0 Å². The van der Waals surface area contributed by atoms with Crippen molar-refractivity contribution in [3.63, 3.8) is 0 Å². The largest absolute Gasteiger partial charge is 0.497 e. The fraction of sp³-hybridized carbons (Fsp3) is 0.167. The standard InChI is InChI=1S/C36H29BrO5/c1-38-25-10-5-22(6-11-25)36(23-7-12-26(39-2)13-8-23)16-15-28-29-18-21-17-24(37)9-14-27(21)34(29)30-19-32(40-3)33(41-4)20-31(30)35(28)42-36/h5-17,19-20H,18H2,1-4H3. The molecule has 0 aromatic heterocycles. The van der Waals surface area contributed by atoms with E-state index < -0.39 is 5.60 Å². The maximum absolute atomic E-state index is 7.30. The summed E-state index contributed by atoms with van der Waals surface area (Å²) in [7, 11) is 6.68. The van der Waals surface area contributed by atoms with Crippen LogP contribution in [0.5, 0.6) is 28.7 Å². The average molecular weight is 622 g/mol. The van der Waals surface area contributed by atoms with Crippen LogP contribution < -0.4 is 23.7 Å². The Morgan fingerprint density at radius 2 is 1.29 bits per heavy atom. The zero-order chi connectivity index (χ0) is 29.0. The summed E-state index contributed by atoms with van der Waals surface area (Å²) in [6.07, 6.45) is 5.20. The highest BCUT2D eigenvalue weighted by atomic mass is 79.9. The van der Waals surface area contributed by atoms with Gasteiger partial charge in [0.1, 0.15) is 17.2 Å². The van der Waals surface area contributed by atoms with Crippen molar-refractivity contribution in [3.05, 3.63) is 117 Å². The highest BCUT2D eigenvalue weighted by Gasteiger charge is 2.40. The molecule has 7 rings (SSSR count). The van der Waals surface area contributed by atoms with Gasteiger partial charge < -0.3 is 23.7 Å². The minimum Gasteiger partial charge on any atom is -0.497 e. The molecule has 0 spiro atoms. The number of fused-ring (bicyclic) bond motifs is 8. The number of halogens is 1. The Morgan fingerprint density at radius 3 is 1.86 bits per heavy atom. The fourth-order valence-electron chi connectivity index (χ4n) is 6.32. The molecule has 0 atom stereocenters. The zero-order valence-corrected chi connectivity index (χ0v) is 25.4. The highest BCUT2D eigenvalue weighted by Crippen LogP contribution is 2.54. The van der Waals surface area contributed by atoms with Crippen LogP contribution in [-0.4, -0.2) is 28.4 Å². The van der Waals surface area contributed by atoms with Gasteiger partial charge in [0.05, 0.1) is 28.4 Å². The summed E-state index contributed by atoms with van der Waals surface area (Å²) < 4.78 is 30.9. The molecule has 5 aromatic carbocycles. The van der Waals surface area contributed by atoms with E-state index in [1.54, 1.807) is 28.4 Å². The molecule has 0 fully saturated rings. The lowest BCUT2D eigenvalue weighted by Gasteiger charge is -2.37. The van der Waals surface area contributed by atoms with E-state index in [0.29, 0.717) is 11.5 Å². The summed E-state index contributed by atoms with van der Waals surface area (Å²) in [5, 5.41) is 2.03. The highest BCUT2D eigenvalue weighted by molar-refractivity contribution is 9.10. The Kier molecular flexibility index (Phi) is 6.39. The van der Waals surface area contributed by atoms with Crippen molar-refractivity contribution in [1.82, 2.24) is 0 Å². The monoisotopic (exact) mass is 620 g/mol. The summed E-state index contributed by atoms with van der Waals surface area (Å²) in [6, 6.07) is 26.7. The lowest BCUT2D eigenvalue weighted by Crippen LogP contribution is -2.34. The minimum absolute atomic E-state index is 0.652. The molecule has 0 radical (unpaired) electrons. The smallest absolute Gasteiger partial charge is 0.178 e. The van der Waals surface area contributed by atoms with Crippen molar-refractivity contribution < 1.29 is 23.7 Å². The first-order chi connectivity index (χ1) is 20.5. The summed E-state index contributed by atoms with van der Waals surface area (Å²) >= 11 is 3.67. The van der Waals surface area contributed by atoms with Crippen LogP contribution >= 0.6 is 15.9 Å². The Labute approximate surface area is 253 Å². The van der Waals surface area contributed by atoms with E-state index in [0.717, 1.165) is 55.6 Å². The van der Waals surface area contributed by atoms with Crippen LogP contribution in [0.1, 0.15) is 27.8 Å². The molecule has 210 valence electrons. The van der Waals surface area contributed by atoms with Crippen LogP contribution in [0, 0.1) is 0 Å². The van der Waals surface area contributed by atoms with E-state index in [-0.39, 0.29) is 0 Å². The SMILES string of the molecule is COc1ccc(C2(c3ccc(OC)cc3)C=Cc3c4c(c5cc(OC)c(OC)cc5c3O2)-c2ccc(Br)cc2C4)cc1. The molecule has 0 saturated carbocycles. The van der Waals surface area contributed by atoms with Crippen molar-refractivity contribution in [2.24, 2.45) is 0 Å². The number of hydrogen-bond acceptors (Lipinski definition) is 5. The molecular formula is C36H29BrO5. The van der Waals surface area contributed by atoms with Gasteiger partial charge in [0.15, 0.2) is 17.1 Å². The number of hydrogen-bond donors (Lipinski definition) is 0. The van der Waals surface area contributed by atoms with Crippen molar-refractivity contribution >= 4 is 32.8 Å². The summed E-state index contributed by atoms with van der Waals surface area (Å²) in [5.41, 5.74) is 7.11. The second kappa shape index (κ2) is 10.1.